The summed E-state index contributed by atoms with van der Waals surface area (Å²) < 4.78 is 44.3. The molecule has 8 bridgehead atoms. The van der Waals surface area contributed by atoms with Crippen molar-refractivity contribution >= 4 is 11.6 Å². The molecule has 7 rings (SSSR count). The number of carbonyl (C=O) groups excluding carboxylic acids is 2. The number of hydrogen-bond donors (Lipinski definition) is 4. The molecule has 0 aliphatic carbocycles. The minimum atomic E-state index is -1.10. The van der Waals surface area contributed by atoms with Crippen molar-refractivity contribution in [2.45, 2.75) is 188 Å². The van der Waals surface area contributed by atoms with Crippen LogP contribution in [-0.4, -0.2) is 143 Å². The highest BCUT2D eigenvalue weighted by molar-refractivity contribution is 5.79. The molecule has 12 unspecified atom stereocenters. The van der Waals surface area contributed by atoms with E-state index < -0.39 is 79.9 Å². The van der Waals surface area contributed by atoms with Crippen LogP contribution in [0, 0.1) is 11.8 Å². The molecule has 0 radical (unpaired) electrons. The van der Waals surface area contributed by atoms with Gasteiger partial charge in [-0.25, -0.2) is 0 Å². The van der Waals surface area contributed by atoms with Crippen molar-refractivity contribution in [3.05, 3.63) is 24.3 Å². The van der Waals surface area contributed by atoms with E-state index in [1.54, 1.807) is 7.11 Å². The second kappa shape index (κ2) is 16.9. The van der Waals surface area contributed by atoms with Crippen molar-refractivity contribution in [2.24, 2.45) is 11.8 Å². The molecule has 0 saturated carbocycles. The molecule has 0 aromatic heterocycles. The topological polar surface area (TPSA) is 180 Å². The Morgan fingerprint density at radius 3 is 2.23 bits per heavy atom. The zero-order valence-electron chi connectivity index (χ0n) is 31.2. The van der Waals surface area contributed by atoms with Crippen molar-refractivity contribution in [2.75, 3.05) is 13.7 Å². The fraction of sp³-hybridized carbons (Fsp3) is 0.850. The summed E-state index contributed by atoms with van der Waals surface area (Å²) in [7, 11) is 1.58. The summed E-state index contributed by atoms with van der Waals surface area (Å²) in [5.74, 6) is -0.221. The highest BCUT2D eigenvalue weighted by Crippen LogP contribution is 2.43. The molecule has 18 atom stereocenters. The molecule has 4 N–H and O–H groups in total. The minimum Gasteiger partial charge on any atom is -0.394 e. The minimum absolute atomic E-state index is 0.00643. The molecule has 0 amide bonds. The molecule has 53 heavy (non-hydrogen) atoms. The maximum absolute atomic E-state index is 13.9. The Morgan fingerprint density at radius 1 is 0.736 bits per heavy atom. The van der Waals surface area contributed by atoms with Gasteiger partial charge < -0.3 is 53.6 Å². The van der Waals surface area contributed by atoms with Crippen LogP contribution in [0.3, 0.4) is 0 Å². The Bertz CT molecular complexity index is 1340. The van der Waals surface area contributed by atoms with Crippen molar-refractivity contribution < 1.29 is 63.2 Å². The van der Waals surface area contributed by atoms with Gasteiger partial charge in [0, 0.05) is 51.6 Å². The Balaban J connectivity index is 1.11. The molecule has 7 heterocycles. The molecule has 0 spiro atoms. The third-order valence-electron chi connectivity index (χ3n) is 13.1. The van der Waals surface area contributed by atoms with Crippen molar-refractivity contribution in [1.29, 1.82) is 0 Å². The van der Waals surface area contributed by atoms with E-state index in [1.807, 2.05) is 0 Å². The van der Waals surface area contributed by atoms with Gasteiger partial charge in [0.05, 0.1) is 73.8 Å². The summed E-state index contributed by atoms with van der Waals surface area (Å²) in [6, 6.07) is 0. The fourth-order valence-electron chi connectivity index (χ4n) is 10.1. The van der Waals surface area contributed by atoms with E-state index in [0.29, 0.717) is 32.1 Å². The third-order valence-corrected chi connectivity index (χ3v) is 13.1. The maximum atomic E-state index is 13.9. The van der Waals surface area contributed by atoms with Gasteiger partial charge in [0.1, 0.15) is 42.1 Å². The highest BCUT2D eigenvalue weighted by Gasteiger charge is 2.57. The first-order valence-electron chi connectivity index (χ1n) is 19.9. The van der Waals surface area contributed by atoms with E-state index in [4.69, 9.17) is 33.2 Å². The van der Waals surface area contributed by atoms with Crippen molar-refractivity contribution in [1.82, 2.24) is 0 Å². The second-order valence-corrected chi connectivity index (χ2v) is 16.8. The maximum Gasteiger partial charge on any atom is 0.135 e. The standard InChI is InChI=1S/C40H60O13/c1-19-11-26-7-9-29-20(2)12-25(48-29)6-5-22(42)15-33-35(45)39-40(53-33)36(46)38-30(52-39)10-8-27(50-38)13-23(43)14-28-32(17-31(49-26)21(19)3)51-34(37(28)47-4)16-24(44)18-41/h19,24-41,44-46H,2-3,5-18H2,1,4H3/t19-,24?,25?,26?,27?,28?,29+,30?,31+,32?,33?,34?,35?,36?,37-,38+,39+,40?/m1/s1. The van der Waals surface area contributed by atoms with E-state index in [0.717, 1.165) is 30.4 Å². The summed E-state index contributed by atoms with van der Waals surface area (Å²) in [5, 5.41) is 42.6. The molecule has 0 aromatic rings. The lowest BCUT2D eigenvalue weighted by atomic mass is 9.81. The summed E-state index contributed by atoms with van der Waals surface area (Å²) in [6.07, 6.45) is -3.55. The molecule has 13 heteroatoms. The first kappa shape index (κ1) is 39.6. The van der Waals surface area contributed by atoms with Crippen LogP contribution in [0.2, 0.25) is 0 Å². The molecule has 298 valence electrons. The molecule has 0 aromatic carbocycles. The monoisotopic (exact) mass is 748 g/mol. The summed E-state index contributed by atoms with van der Waals surface area (Å²) in [5.41, 5.74) is 2.00. The Labute approximate surface area is 312 Å². The predicted octanol–water partition coefficient (Wildman–Crippen LogP) is 2.27. The van der Waals surface area contributed by atoms with Gasteiger partial charge in [-0.1, -0.05) is 20.1 Å². The number of fused-ring (bicyclic) bond motifs is 7. The summed E-state index contributed by atoms with van der Waals surface area (Å²) in [4.78, 5) is 27.0. The number of ketones is 2. The number of rotatable bonds is 4. The van der Waals surface area contributed by atoms with Gasteiger partial charge >= 0.3 is 0 Å². The largest absolute Gasteiger partial charge is 0.394 e. The molecule has 7 aliphatic rings. The van der Waals surface area contributed by atoms with Crippen molar-refractivity contribution in [3.8, 4) is 0 Å². The molecule has 7 saturated heterocycles. The average molecular weight is 749 g/mol. The van der Waals surface area contributed by atoms with E-state index in [-0.39, 0.29) is 79.9 Å². The number of Topliss-reactive ketones (excluding diaryl/α,β-unsaturated/α-hetero) is 2. The van der Waals surface area contributed by atoms with Crippen molar-refractivity contribution in [3.63, 3.8) is 0 Å². The lowest BCUT2D eigenvalue weighted by Crippen LogP contribution is -2.61. The number of hydrogen-bond acceptors (Lipinski definition) is 13. The zero-order valence-corrected chi connectivity index (χ0v) is 31.2. The van der Waals surface area contributed by atoms with Gasteiger partial charge in [-0.15, -0.1) is 0 Å². The van der Waals surface area contributed by atoms with Crippen LogP contribution < -0.4 is 0 Å². The van der Waals surface area contributed by atoms with Crippen LogP contribution >= 0.6 is 0 Å². The molecule has 7 fully saturated rings. The normalized spacial score (nSPS) is 47.7. The molecular formula is C40H60O13. The number of aliphatic hydroxyl groups excluding tert-OH is 4. The Kier molecular flexibility index (Phi) is 12.6. The van der Waals surface area contributed by atoms with E-state index >= 15 is 0 Å². The van der Waals surface area contributed by atoms with Crippen LogP contribution in [0.1, 0.15) is 90.4 Å². The van der Waals surface area contributed by atoms with Gasteiger partial charge in [-0.05, 0) is 62.0 Å². The lowest BCUT2D eigenvalue weighted by molar-refractivity contribution is -0.259. The molecular weight excluding hydrogens is 688 g/mol. The number of aliphatic hydroxyl groups is 4. The number of ether oxygens (including phenoxy) is 7. The predicted molar refractivity (Wildman–Crippen MR) is 189 cm³/mol. The van der Waals surface area contributed by atoms with Gasteiger partial charge in [-0.2, -0.15) is 0 Å². The second-order valence-electron chi connectivity index (χ2n) is 16.8. The van der Waals surface area contributed by atoms with Crippen LogP contribution in [0.4, 0.5) is 0 Å². The Hall–Kier alpha value is -1.62. The van der Waals surface area contributed by atoms with E-state index in [9.17, 15) is 30.0 Å². The van der Waals surface area contributed by atoms with Gasteiger partial charge in [0.2, 0.25) is 0 Å². The lowest BCUT2D eigenvalue weighted by Gasteiger charge is -2.46. The zero-order chi connectivity index (χ0) is 37.6. The van der Waals surface area contributed by atoms with Gasteiger partial charge in [0.25, 0.3) is 0 Å². The van der Waals surface area contributed by atoms with Crippen LogP contribution in [0.25, 0.3) is 0 Å². The van der Waals surface area contributed by atoms with Crippen LogP contribution in [0.15, 0.2) is 24.3 Å². The third kappa shape index (κ3) is 8.56. The summed E-state index contributed by atoms with van der Waals surface area (Å²) >= 11 is 0. The van der Waals surface area contributed by atoms with Gasteiger partial charge in [-0.3, -0.25) is 9.59 Å². The quantitative estimate of drug-likeness (QED) is 0.308. The fourth-order valence-corrected chi connectivity index (χ4v) is 10.1. The Morgan fingerprint density at radius 2 is 1.45 bits per heavy atom. The first-order chi connectivity index (χ1) is 25.4. The smallest absolute Gasteiger partial charge is 0.135 e. The molecule has 7 aliphatic heterocycles. The summed E-state index contributed by atoms with van der Waals surface area (Å²) in [6.45, 7) is 10.4. The number of carbonyl (C=O) groups is 2. The van der Waals surface area contributed by atoms with Crippen LogP contribution in [0.5, 0.6) is 0 Å². The number of methoxy groups -OCH3 is 1. The van der Waals surface area contributed by atoms with Crippen LogP contribution in [-0.2, 0) is 42.7 Å². The van der Waals surface area contributed by atoms with E-state index in [1.165, 1.54) is 0 Å². The molecule has 13 nitrogen and oxygen atoms in total. The average Bonchev–Trinajstić information content (AvgIpc) is 3.76. The highest BCUT2D eigenvalue weighted by atomic mass is 16.6. The van der Waals surface area contributed by atoms with E-state index in [2.05, 4.69) is 20.1 Å². The van der Waals surface area contributed by atoms with Gasteiger partial charge in [0.15, 0.2) is 0 Å². The first-order valence-corrected chi connectivity index (χ1v) is 19.9. The SMILES string of the molecule is C=C1CC2CCC(=O)CC3OC4C(O)[C@H]5OC(CCC5O[C@H]4C3O)CC(=O)CC3C(C[C@@H]4OC(CC[C@@H]1O2)C[C@@H](C)C4=C)OC(CC(O)CO)[C@@H]3OC.